The smallest absolute Gasteiger partial charge is 0.211 e. The fourth-order valence-corrected chi connectivity index (χ4v) is 3.63. The van der Waals surface area contributed by atoms with Gasteiger partial charge in [-0.25, -0.2) is 8.42 Å². The lowest BCUT2D eigenvalue weighted by Gasteiger charge is -2.43. The number of piperazine rings is 1. The molecule has 0 spiro atoms. The summed E-state index contributed by atoms with van der Waals surface area (Å²) in [6.45, 7) is 11.0. The van der Waals surface area contributed by atoms with Crippen LogP contribution in [0.4, 0.5) is 0 Å². The van der Waals surface area contributed by atoms with Crippen molar-refractivity contribution in [1.82, 2.24) is 14.1 Å². The molecule has 1 aliphatic heterocycles. The van der Waals surface area contributed by atoms with Gasteiger partial charge in [0, 0.05) is 38.8 Å². The van der Waals surface area contributed by atoms with Crippen LogP contribution in [0.5, 0.6) is 0 Å². The number of sulfonamides is 1. The van der Waals surface area contributed by atoms with E-state index in [4.69, 9.17) is 4.42 Å². The van der Waals surface area contributed by atoms with Crippen molar-refractivity contribution in [2.75, 3.05) is 32.9 Å². The molecule has 7 heteroatoms. The number of hydrogen-bond acceptors (Lipinski definition) is 5. The molecule has 1 aromatic rings. The molecule has 0 saturated carbocycles. The van der Waals surface area contributed by atoms with Crippen LogP contribution in [-0.2, 0) is 23.1 Å². The van der Waals surface area contributed by atoms with E-state index in [1.807, 2.05) is 12.1 Å². The Balaban J connectivity index is 1.93. The maximum absolute atomic E-state index is 11.5. The summed E-state index contributed by atoms with van der Waals surface area (Å²) < 4.78 is 30.1. The molecule has 0 bridgehead atoms. The van der Waals surface area contributed by atoms with E-state index in [1.165, 1.54) is 10.6 Å². The van der Waals surface area contributed by atoms with Crippen LogP contribution in [0.15, 0.2) is 16.5 Å². The van der Waals surface area contributed by atoms with Crippen LogP contribution in [0.2, 0.25) is 0 Å². The minimum absolute atomic E-state index is 0.275. The third kappa shape index (κ3) is 5.05. The van der Waals surface area contributed by atoms with Gasteiger partial charge in [-0.1, -0.05) is 6.92 Å². The molecule has 0 amide bonds. The van der Waals surface area contributed by atoms with E-state index in [0.717, 1.165) is 38.4 Å². The molecule has 138 valence electrons. The molecule has 1 fully saturated rings. The van der Waals surface area contributed by atoms with Gasteiger partial charge in [0.15, 0.2) is 0 Å². The van der Waals surface area contributed by atoms with Crippen LogP contribution in [-0.4, -0.2) is 67.5 Å². The van der Waals surface area contributed by atoms with Gasteiger partial charge in [-0.3, -0.25) is 9.80 Å². The lowest BCUT2D eigenvalue weighted by molar-refractivity contribution is 0.0424. The van der Waals surface area contributed by atoms with Crippen molar-refractivity contribution in [3.63, 3.8) is 0 Å². The molecule has 0 aromatic carbocycles. The highest BCUT2D eigenvalue weighted by Gasteiger charge is 2.27. The van der Waals surface area contributed by atoms with Gasteiger partial charge in [0.1, 0.15) is 11.5 Å². The summed E-state index contributed by atoms with van der Waals surface area (Å²) in [6.07, 6.45) is 2.35. The highest BCUT2D eigenvalue weighted by Crippen LogP contribution is 2.19. The Morgan fingerprint density at radius 3 is 2.54 bits per heavy atom. The standard InChI is InChI=1S/C17H31N3O3S/c1-6-15-11-19(9-10-20(15)14(2)3)13-17-8-7-16(23-17)12-18(4)24(5,21)22/h7-8,14-15H,6,9-13H2,1-5H3/t15-/m1/s1. The molecule has 0 radical (unpaired) electrons. The predicted octanol–water partition coefficient (Wildman–Crippen LogP) is 1.98. The lowest BCUT2D eigenvalue weighted by atomic mass is 10.1. The summed E-state index contributed by atoms with van der Waals surface area (Å²) >= 11 is 0. The molecule has 0 unspecified atom stereocenters. The largest absolute Gasteiger partial charge is 0.463 e. The monoisotopic (exact) mass is 357 g/mol. The second kappa shape index (κ2) is 7.99. The Kier molecular flexibility index (Phi) is 6.47. The van der Waals surface area contributed by atoms with Crippen molar-refractivity contribution in [3.8, 4) is 0 Å². The van der Waals surface area contributed by atoms with Gasteiger partial charge in [0.2, 0.25) is 10.0 Å². The third-order valence-corrected chi connectivity index (χ3v) is 6.05. The Bertz CT molecular complexity index is 627. The van der Waals surface area contributed by atoms with E-state index < -0.39 is 10.0 Å². The van der Waals surface area contributed by atoms with Crippen molar-refractivity contribution >= 4 is 10.0 Å². The van der Waals surface area contributed by atoms with Crippen LogP contribution in [0, 0.1) is 0 Å². The maximum atomic E-state index is 11.5. The Morgan fingerprint density at radius 1 is 1.29 bits per heavy atom. The topological polar surface area (TPSA) is 57.0 Å². The fourth-order valence-electron chi connectivity index (χ4n) is 3.27. The quantitative estimate of drug-likeness (QED) is 0.747. The van der Waals surface area contributed by atoms with Gasteiger partial charge in [0.05, 0.1) is 19.3 Å². The summed E-state index contributed by atoms with van der Waals surface area (Å²) in [6, 6.07) is 5.00. The maximum Gasteiger partial charge on any atom is 0.211 e. The summed E-state index contributed by atoms with van der Waals surface area (Å²) in [5.41, 5.74) is 0. The lowest BCUT2D eigenvalue weighted by Crippen LogP contribution is -2.54. The van der Waals surface area contributed by atoms with Crippen molar-refractivity contribution in [1.29, 1.82) is 0 Å². The summed E-state index contributed by atoms with van der Waals surface area (Å²) in [5, 5.41) is 0. The van der Waals surface area contributed by atoms with Crippen molar-refractivity contribution in [3.05, 3.63) is 23.7 Å². The predicted molar refractivity (Wildman–Crippen MR) is 96.2 cm³/mol. The minimum Gasteiger partial charge on any atom is -0.463 e. The van der Waals surface area contributed by atoms with Gasteiger partial charge in [-0.15, -0.1) is 0 Å². The first-order valence-corrected chi connectivity index (χ1v) is 10.5. The average molecular weight is 358 g/mol. The Hall–Kier alpha value is -0.890. The van der Waals surface area contributed by atoms with E-state index in [-0.39, 0.29) is 6.54 Å². The van der Waals surface area contributed by atoms with Crippen LogP contribution in [0.1, 0.15) is 38.7 Å². The van der Waals surface area contributed by atoms with Crippen LogP contribution in [0.25, 0.3) is 0 Å². The van der Waals surface area contributed by atoms with Crippen molar-refractivity contribution < 1.29 is 12.8 Å². The van der Waals surface area contributed by atoms with Crippen molar-refractivity contribution in [2.24, 2.45) is 0 Å². The molecule has 0 N–H and O–H groups in total. The molecule has 1 aromatic heterocycles. The van der Waals surface area contributed by atoms with Crippen molar-refractivity contribution in [2.45, 2.75) is 52.4 Å². The molecule has 2 heterocycles. The highest BCUT2D eigenvalue weighted by atomic mass is 32.2. The van der Waals surface area contributed by atoms with E-state index >= 15 is 0 Å². The second-order valence-electron chi connectivity index (χ2n) is 7.02. The first kappa shape index (κ1) is 19.4. The first-order valence-electron chi connectivity index (χ1n) is 8.67. The molecule has 6 nitrogen and oxygen atoms in total. The molecule has 0 aliphatic carbocycles. The van der Waals surface area contributed by atoms with Gasteiger partial charge in [-0.2, -0.15) is 4.31 Å². The van der Waals surface area contributed by atoms with Gasteiger partial charge in [-0.05, 0) is 32.4 Å². The van der Waals surface area contributed by atoms with Gasteiger partial charge < -0.3 is 4.42 Å². The number of furan rings is 1. The Labute approximate surface area is 146 Å². The number of hydrogen-bond donors (Lipinski definition) is 0. The minimum atomic E-state index is -3.19. The zero-order chi connectivity index (χ0) is 17.9. The Morgan fingerprint density at radius 2 is 1.96 bits per heavy atom. The number of nitrogens with zero attached hydrogens (tertiary/aromatic N) is 3. The normalized spacial score (nSPS) is 21.0. The summed E-state index contributed by atoms with van der Waals surface area (Å²) in [7, 11) is -1.62. The second-order valence-corrected chi connectivity index (χ2v) is 9.11. The summed E-state index contributed by atoms with van der Waals surface area (Å²) in [4.78, 5) is 5.00. The van der Waals surface area contributed by atoms with E-state index in [1.54, 1.807) is 7.05 Å². The SMILES string of the molecule is CC[C@@H]1CN(Cc2ccc(CN(C)S(C)(=O)=O)o2)CCN1C(C)C. The van der Waals surface area contributed by atoms with Crippen LogP contribution in [0.3, 0.4) is 0 Å². The molecule has 1 aliphatic rings. The van der Waals surface area contributed by atoms with E-state index in [0.29, 0.717) is 17.8 Å². The molecule has 2 rings (SSSR count). The van der Waals surface area contributed by atoms with Gasteiger partial charge in [0.25, 0.3) is 0 Å². The average Bonchev–Trinajstić information content (AvgIpc) is 2.92. The van der Waals surface area contributed by atoms with Crippen LogP contribution >= 0.6 is 0 Å². The fraction of sp³-hybridized carbons (Fsp3) is 0.765. The van der Waals surface area contributed by atoms with Crippen LogP contribution < -0.4 is 0 Å². The zero-order valence-corrected chi connectivity index (χ0v) is 16.3. The molecular weight excluding hydrogens is 326 g/mol. The van der Waals surface area contributed by atoms with E-state index in [2.05, 4.69) is 30.6 Å². The molecular formula is C17H31N3O3S. The van der Waals surface area contributed by atoms with E-state index in [9.17, 15) is 8.42 Å². The molecule has 24 heavy (non-hydrogen) atoms. The molecule has 1 saturated heterocycles. The highest BCUT2D eigenvalue weighted by molar-refractivity contribution is 7.88. The number of rotatable bonds is 7. The van der Waals surface area contributed by atoms with Gasteiger partial charge >= 0.3 is 0 Å². The molecule has 1 atom stereocenters. The summed E-state index contributed by atoms with van der Waals surface area (Å²) in [5.74, 6) is 1.59. The third-order valence-electron chi connectivity index (χ3n) is 4.79. The first-order chi connectivity index (χ1) is 11.2. The zero-order valence-electron chi connectivity index (χ0n) is 15.5.